The van der Waals surface area contributed by atoms with E-state index in [1.165, 1.54) is 23.1 Å². The normalized spacial score (nSPS) is 12.9. The molecule has 0 spiro atoms. The third kappa shape index (κ3) is 3.17. The molecular weight excluding hydrogens is 444 g/mol. The number of thiophene rings is 1. The summed E-state index contributed by atoms with van der Waals surface area (Å²) in [6, 6.07) is 7.50. The van der Waals surface area contributed by atoms with Crippen molar-refractivity contribution in [2.24, 2.45) is 0 Å². The highest BCUT2D eigenvalue weighted by molar-refractivity contribution is 7.99. The van der Waals surface area contributed by atoms with E-state index in [9.17, 15) is 9.59 Å². The van der Waals surface area contributed by atoms with Crippen molar-refractivity contribution in [1.82, 2.24) is 29.1 Å². The molecule has 0 aliphatic heterocycles. The van der Waals surface area contributed by atoms with Crippen molar-refractivity contribution in [1.29, 1.82) is 0 Å². The topological polar surface area (TPSA) is 97.9 Å². The number of aryl methyl sites for hydroxylation is 3. The van der Waals surface area contributed by atoms with Crippen molar-refractivity contribution >= 4 is 50.0 Å². The highest BCUT2D eigenvalue weighted by Crippen LogP contribution is 2.34. The molecule has 5 rings (SSSR count). The number of rotatable bonds is 5. The van der Waals surface area contributed by atoms with Crippen LogP contribution in [-0.2, 0) is 6.54 Å². The van der Waals surface area contributed by atoms with Crippen LogP contribution in [0.1, 0.15) is 41.8 Å². The monoisotopic (exact) mass is 466 g/mol. The van der Waals surface area contributed by atoms with Crippen LogP contribution < -0.4 is 11.1 Å². The summed E-state index contributed by atoms with van der Waals surface area (Å²) in [6.45, 7) is 8.52. The Hall–Kier alpha value is -2.98. The molecule has 4 heterocycles. The minimum Gasteiger partial charge on any atom is -0.309 e. The van der Waals surface area contributed by atoms with Crippen LogP contribution in [-0.4, -0.2) is 29.1 Å². The van der Waals surface area contributed by atoms with Gasteiger partial charge in [0.2, 0.25) is 5.78 Å². The molecule has 0 aliphatic carbocycles. The molecule has 1 N–H and O–H groups in total. The van der Waals surface area contributed by atoms with Gasteiger partial charge in [0, 0.05) is 11.4 Å². The van der Waals surface area contributed by atoms with Crippen molar-refractivity contribution < 1.29 is 0 Å². The number of aromatic nitrogens is 6. The molecule has 0 amide bonds. The van der Waals surface area contributed by atoms with Crippen molar-refractivity contribution in [2.75, 3.05) is 0 Å². The number of fused-ring (bicyclic) bond motifs is 4. The van der Waals surface area contributed by atoms with Crippen LogP contribution in [0.5, 0.6) is 0 Å². The Morgan fingerprint density at radius 1 is 1.19 bits per heavy atom. The molecule has 0 fully saturated rings. The molecule has 164 valence electrons. The van der Waals surface area contributed by atoms with Gasteiger partial charge in [-0.25, -0.2) is 4.98 Å². The summed E-state index contributed by atoms with van der Waals surface area (Å²) < 4.78 is 3.59. The Kier molecular flexibility index (Phi) is 5.13. The van der Waals surface area contributed by atoms with Gasteiger partial charge in [0.15, 0.2) is 5.16 Å². The first-order valence-electron chi connectivity index (χ1n) is 10.4. The maximum absolute atomic E-state index is 13.0. The standard InChI is InChI=1S/C22H22N6O2S2/c1-5-10-27-20(30)14-8-6-7-9-15(14)28-21(27)25-26-22(28)32-13(4)17-23-18(29)16-11(2)12(3)31-19(16)24-17/h6-9,13H,5,10H2,1-4H3,(H,23,24,29). The van der Waals surface area contributed by atoms with E-state index < -0.39 is 0 Å². The number of hydrogen-bond donors (Lipinski definition) is 1. The minimum atomic E-state index is -0.174. The summed E-state index contributed by atoms with van der Waals surface area (Å²) in [5.41, 5.74) is 1.56. The molecule has 0 saturated carbocycles. The second kappa shape index (κ2) is 7.86. The molecule has 10 heteroatoms. The summed E-state index contributed by atoms with van der Waals surface area (Å²) >= 11 is 2.99. The second-order valence-corrected chi connectivity index (χ2v) is 10.3. The van der Waals surface area contributed by atoms with Crippen molar-refractivity contribution in [3.05, 3.63) is 61.2 Å². The van der Waals surface area contributed by atoms with Gasteiger partial charge in [-0.15, -0.1) is 21.5 Å². The fourth-order valence-electron chi connectivity index (χ4n) is 3.91. The van der Waals surface area contributed by atoms with Gasteiger partial charge in [-0.05, 0) is 44.9 Å². The largest absolute Gasteiger partial charge is 0.309 e. The molecule has 32 heavy (non-hydrogen) atoms. The van der Waals surface area contributed by atoms with E-state index in [1.54, 1.807) is 4.57 Å². The van der Waals surface area contributed by atoms with E-state index in [0.717, 1.165) is 27.2 Å². The van der Waals surface area contributed by atoms with Gasteiger partial charge in [-0.1, -0.05) is 30.8 Å². The van der Waals surface area contributed by atoms with Crippen LogP contribution in [0.3, 0.4) is 0 Å². The molecule has 0 radical (unpaired) electrons. The number of aromatic amines is 1. The fourth-order valence-corrected chi connectivity index (χ4v) is 5.86. The molecule has 1 aromatic carbocycles. The number of benzene rings is 1. The van der Waals surface area contributed by atoms with Crippen molar-refractivity contribution in [3.63, 3.8) is 0 Å². The molecule has 0 aliphatic rings. The Labute approximate surface area is 191 Å². The van der Waals surface area contributed by atoms with Gasteiger partial charge in [0.25, 0.3) is 11.1 Å². The average molecular weight is 467 g/mol. The predicted molar refractivity (Wildman–Crippen MR) is 129 cm³/mol. The third-order valence-corrected chi connectivity index (χ3v) is 7.80. The van der Waals surface area contributed by atoms with Crippen LogP contribution >= 0.6 is 23.1 Å². The van der Waals surface area contributed by atoms with E-state index >= 15 is 0 Å². The van der Waals surface area contributed by atoms with Crippen molar-refractivity contribution in [2.45, 2.75) is 51.1 Å². The Morgan fingerprint density at radius 3 is 2.75 bits per heavy atom. The van der Waals surface area contributed by atoms with E-state index in [2.05, 4.69) is 15.2 Å². The lowest BCUT2D eigenvalue weighted by Gasteiger charge is -2.12. The van der Waals surface area contributed by atoms with E-state index in [0.29, 0.717) is 34.1 Å². The van der Waals surface area contributed by atoms with Crippen LogP contribution in [0, 0.1) is 13.8 Å². The van der Waals surface area contributed by atoms with Crippen LogP contribution in [0.4, 0.5) is 0 Å². The summed E-state index contributed by atoms with van der Waals surface area (Å²) in [7, 11) is 0. The first-order valence-corrected chi connectivity index (χ1v) is 12.1. The lowest BCUT2D eigenvalue weighted by molar-refractivity contribution is 0.662. The van der Waals surface area contributed by atoms with Crippen LogP contribution in [0.15, 0.2) is 39.0 Å². The number of nitrogens with zero attached hydrogens (tertiary/aromatic N) is 5. The number of thioether (sulfide) groups is 1. The SMILES string of the molecule is CCCn1c(=O)c2ccccc2n2c(SC(C)c3nc4sc(C)c(C)c4c(=O)[nH]3)nnc12. The summed E-state index contributed by atoms with van der Waals surface area (Å²) in [5.74, 6) is 1.11. The number of para-hydroxylation sites is 1. The summed E-state index contributed by atoms with van der Waals surface area (Å²) in [4.78, 5) is 35.2. The maximum Gasteiger partial charge on any atom is 0.262 e. The quantitative estimate of drug-likeness (QED) is 0.390. The zero-order valence-electron chi connectivity index (χ0n) is 18.2. The Bertz CT molecular complexity index is 1610. The molecule has 1 unspecified atom stereocenters. The lowest BCUT2D eigenvalue weighted by atomic mass is 10.2. The van der Waals surface area contributed by atoms with Gasteiger partial charge < -0.3 is 4.98 Å². The zero-order valence-corrected chi connectivity index (χ0v) is 19.8. The number of hydrogen-bond acceptors (Lipinski definition) is 7. The Morgan fingerprint density at radius 2 is 1.97 bits per heavy atom. The number of nitrogens with one attached hydrogen (secondary N) is 1. The molecular formula is C22H22N6O2S2. The second-order valence-electron chi connectivity index (χ2n) is 7.77. The van der Waals surface area contributed by atoms with Crippen LogP contribution in [0.2, 0.25) is 0 Å². The number of H-pyrrole nitrogens is 1. The summed E-state index contributed by atoms with van der Waals surface area (Å²) in [6.07, 6.45) is 0.810. The Balaban J connectivity index is 1.64. The van der Waals surface area contributed by atoms with Gasteiger partial charge in [-0.2, -0.15) is 0 Å². The van der Waals surface area contributed by atoms with Crippen LogP contribution in [0.25, 0.3) is 26.9 Å². The molecule has 1 atom stereocenters. The molecule has 8 nitrogen and oxygen atoms in total. The fraction of sp³-hybridized carbons (Fsp3) is 0.318. The van der Waals surface area contributed by atoms with Gasteiger partial charge >= 0.3 is 0 Å². The molecule has 4 aromatic heterocycles. The lowest BCUT2D eigenvalue weighted by Crippen LogP contribution is -2.23. The summed E-state index contributed by atoms with van der Waals surface area (Å²) in [5, 5.41) is 10.5. The highest BCUT2D eigenvalue weighted by Gasteiger charge is 2.21. The van der Waals surface area contributed by atoms with Gasteiger partial charge in [0.1, 0.15) is 10.7 Å². The zero-order chi connectivity index (χ0) is 22.6. The third-order valence-electron chi connectivity index (χ3n) is 5.65. The van der Waals surface area contributed by atoms with Crippen molar-refractivity contribution in [3.8, 4) is 0 Å². The van der Waals surface area contributed by atoms with Gasteiger partial charge in [0.05, 0.1) is 21.5 Å². The predicted octanol–water partition coefficient (Wildman–Crippen LogP) is 4.22. The molecule has 0 bridgehead atoms. The van der Waals surface area contributed by atoms with E-state index in [1.807, 2.05) is 56.4 Å². The highest BCUT2D eigenvalue weighted by atomic mass is 32.2. The van der Waals surface area contributed by atoms with E-state index in [4.69, 9.17) is 4.98 Å². The molecule has 5 aromatic rings. The first-order chi connectivity index (χ1) is 15.4. The smallest absolute Gasteiger partial charge is 0.262 e. The van der Waals surface area contributed by atoms with Gasteiger partial charge in [-0.3, -0.25) is 18.6 Å². The average Bonchev–Trinajstić information content (AvgIpc) is 3.32. The van der Waals surface area contributed by atoms with E-state index in [-0.39, 0.29) is 16.4 Å². The first kappa shape index (κ1) is 20.9. The maximum atomic E-state index is 13.0. The minimum absolute atomic E-state index is 0.0631. The molecule has 0 saturated heterocycles.